The SMILES string of the molecule is CSc1ccsc1-c1nc(CN)no1.Cl. The van der Waals surface area contributed by atoms with Crippen molar-refractivity contribution < 1.29 is 4.52 Å². The second-order valence-corrected chi connectivity index (χ2v) is 4.30. The van der Waals surface area contributed by atoms with Crippen LogP contribution >= 0.6 is 35.5 Å². The van der Waals surface area contributed by atoms with Crippen LogP contribution in [0.5, 0.6) is 0 Å². The Balaban J connectivity index is 0.00000112. The van der Waals surface area contributed by atoms with Gasteiger partial charge in [-0.2, -0.15) is 4.98 Å². The second-order valence-electron chi connectivity index (χ2n) is 2.54. The van der Waals surface area contributed by atoms with Gasteiger partial charge >= 0.3 is 0 Å². The Labute approximate surface area is 102 Å². The van der Waals surface area contributed by atoms with Crippen molar-refractivity contribution in [3.8, 4) is 10.8 Å². The van der Waals surface area contributed by atoms with Gasteiger partial charge in [0.1, 0.15) is 4.88 Å². The summed E-state index contributed by atoms with van der Waals surface area (Å²) in [5, 5.41) is 5.76. The number of hydrogen-bond acceptors (Lipinski definition) is 6. The predicted molar refractivity (Wildman–Crippen MR) is 64.5 cm³/mol. The molecule has 0 spiro atoms. The maximum absolute atomic E-state index is 5.40. The van der Waals surface area contributed by atoms with Gasteiger partial charge in [-0.05, 0) is 17.7 Å². The fourth-order valence-electron chi connectivity index (χ4n) is 1.04. The van der Waals surface area contributed by atoms with E-state index in [2.05, 4.69) is 10.1 Å². The zero-order valence-corrected chi connectivity index (χ0v) is 10.4. The van der Waals surface area contributed by atoms with Crippen molar-refractivity contribution in [1.29, 1.82) is 0 Å². The normalized spacial score (nSPS) is 10.0. The summed E-state index contributed by atoms with van der Waals surface area (Å²) in [5.74, 6) is 1.10. The van der Waals surface area contributed by atoms with E-state index in [9.17, 15) is 0 Å². The smallest absolute Gasteiger partial charge is 0.269 e. The molecule has 0 amide bonds. The number of nitrogens with zero attached hydrogens (tertiary/aromatic N) is 2. The molecule has 2 heterocycles. The summed E-state index contributed by atoms with van der Waals surface area (Å²) in [6.07, 6.45) is 2.02. The van der Waals surface area contributed by atoms with Crippen molar-refractivity contribution in [2.45, 2.75) is 11.4 Å². The summed E-state index contributed by atoms with van der Waals surface area (Å²) in [4.78, 5) is 6.35. The minimum Gasteiger partial charge on any atom is -0.333 e. The lowest BCUT2D eigenvalue weighted by molar-refractivity contribution is 0.423. The van der Waals surface area contributed by atoms with Crippen LogP contribution in [0, 0.1) is 0 Å². The first kappa shape index (κ1) is 12.5. The molecule has 0 aliphatic heterocycles. The van der Waals surface area contributed by atoms with Crippen LogP contribution in [0.2, 0.25) is 0 Å². The molecule has 82 valence electrons. The number of thiophene rings is 1. The topological polar surface area (TPSA) is 64.9 Å². The molecule has 0 aromatic carbocycles. The third-order valence-electron chi connectivity index (χ3n) is 1.69. The van der Waals surface area contributed by atoms with Gasteiger partial charge in [0.05, 0.1) is 6.54 Å². The maximum atomic E-state index is 5.40. The highest BCUT2D eigenvalue weighted by Gasteiger charge is 2.13. The van der Waals surface area contributed by atoms with Crippen molar-refractivity contribution in [3.63, 3.8) is 0 Å². The standard InChI is InChI=1S/C8H9N3OS2.ClH/c1-13-5-2-3-14-7(5)8-10-6(4-9)11-12-8;/h2-3H,4,9H2,1H3;1H. The molecule has 0 bridgehead atoms. The van der Waals surface area contributed by atoms with Crippen LogP contribution in [0.3, 0.4) is 0 Å². The van der Waals surface area contributed by atoms with Crippen LogP contribution < -0.4 is 5.73 Å². The van der Waals surface area contributed by atoms with Crippen molar-refractivity contribution in [2.24, 2.45) is 5.73 Å². The third kappa shape index (κ3) is 2.52. The first-order valence-corrected chi connectivity index (χ1v) is 6.10. The summed E-state index contributed by atoms with van der Waals surface area (Å²) in [6, 6.07) is 2.04. The van der Waals surface area contributed by atoms with E-state index in [0.29, 0.717) is 18.3 Å². The Kier molecular flexibility index (Phi) is 4.59. The number of hydrogen-bond donors (Lipinski definition) is 1. The lowest BCUT2D eigenvalue weighted by Crippen LogP contribution is -1.97. The average Bonchev–Trinajstić information content (AvgIpc) is 2.85. The highest BCUT2D eigenvalue weighted by Crippen LogP contribution is 2.33. The molecule has 0 unspecified atom stereocenters. The number of aromatic nitrogens is 2. The quantitative estimate of drug-likeness (QED) is 0.862. The molecular weight excluding hydrogens is 254 g/mol. The Morgan fingerprint density at radius 2 is 2.40 bits per heavy atom. The molecule has 0 aliphatic carbocycles. The van der Waals surface area contributed by atoms with Crippen LogP contribution in [0.25, 0.3) is 10.8 Å². The molecule has 2 aromatic heterocycles. The Hall–Kier alpha value is -0.560. The average molecular weight is 264 g/mol. The lowest BCUT2D eigenvalue weighted by Gasteiger charge is -1.92. The van der Waals surface area contributed by atoms with E-state index < -0.39 is 0 Å². The van der Waals surface area contributed by atoms with E-state index in [-0.39, 0.29) is 12.4 Å². The van der Waals surface area contributed by atoms with E-state index in [1.165, 1.54) is 0 Å². The van der Waals surface area contributed by atoms with Gasteiger partial charge in [-0.15, -0.1) is 35.5 Å². The Bertz CT molecular complexity index is 429. The maximum Gasteiger partial charge on any atom is 0.269 e. The fraction of sp³-hybridized carbons (Fsp3) is 0.250. The largest absolute Gasteiger partial charge is 0.333 e. The van der Waals surface area contributed by atoms with Gasteiger partial charge in [0, 0.05) is 4.90 Å². The van der Waals surface area contributed by atoms with Crippen molar-refractivity contribution in [2.75, 3.05) is 6.26 Å². The van der Waals surface area contributed by atoms with Crippen LogP contribution in [0.15, 0.2) is 20.9 Å². The number of nitrogens with two attached hydrogens (primary N) is 1. The first-order valence-electron chi connectivity index (χ1n) is 3.99. The van der Waals surface area contributed by atoms with Gasteiger partial charge in [-0.1, -0.05) is 5.16 Å². The molecule has 4 nitrogen and oxygen atoms in total. The molecule has 0 aliphatic rings. The Morgan fingerprint density at radius 3 is 3.00 bits per heavy atom. The predicted octanol–water partition coefficient (Wildman–Crippen LogP) is 2.40. The molecule has 0 saturated heterocycles. The van der Waals surface area contributed by atoms with E-state index >= 15 is 0 Å². The van der Waals surface area contributed by atoms with Crippen molar-refractivity contribution >= 4 is 35.5 Å². The molecular formula is C8H10ClN3OS2. The lowest BCUT2D eigenvalue weighted by atomic mass is 10.4. The molecule has 0 fully saturated rings. The molecule has 2 N–H and O–H groups in total. The van der Waals surface area contributed by atoms with Gasteiger partial charge in [-0.3, -0.25) is 0 Å². The number of halogens is 1. The summed E-state index contributed by atoms with van der Waals surface area (Å²) >= 11 is 3.26. The van der Waals surface area contributed by atoms with Gasteiger partial charge in [-0.25, -0.2) is 0 Å². The van der Waals surface area contributed by atoms with Gasteiger partial charge < -0.3 is 10.3 Å². The van der Waals surface area contributed by atoms with E-state index in [0.717, 1.165) is 9.77 Å². The van der Waals surface area contributed by atoms with Crippen LogP contribution in [-0.4, -0.2) is 16.4 Å². The highest BCUT2D eigenvalue weighted by atomic mass is 35.5. The number of thioether (sulfide) groups is 1. The molecule has 2 aromatic rings. The van der Waals surface area contributed by atoms with Gasteiger partial charge in [0.25, 0.3) is 5.89 Å². The fourth-order valence-corrected chi connectivity index (χ4v) is 2.71. The third-order valence-corrected chi connectivity index (χ3v) is 3.51. The molecule has 0 atom stereocenters. The molecule has 7 heteroatoms. The van der Waals surface area contributed by atoms with E-state index in [1.54, 1.807) is 23.1 Å². The molecule has 2 rings (SSSR count). The first-order chi connectivity index (χ1) is 6.85. The zero-order chi connectivity index (χ0) is 9.97. The minimum atomic E-state index is 0. The second kappa shape index (κ2) is 5.50. The van der Waals surface area contributed by atoms with Crippen LogP contribution in [0.1, 0.15) is 5.82 Å². The van der Waals surface area contributed by atoms with Crippen molar-refractivity contribution in [3.05, 3.63) is 17.3 Å². The monoisotopic (exact) mass is 263 g/mol. The molecule has 0 saturated carbocycles. The number of rotatable bonds is 3. The van der Waals surface area contributed by atoms with Crippen molar-refractivity contribution in [1.82, 2.24) is 10.1 Å². The zero-order valence-electron chi connectivity index (χ0n) is 7.97. The van der Waals surface area contributed by atoms with Crippen LogP contribution in [0.4, 0.5) is 0 Å². The van der Waals surface area contributed by atoms with E-state index in [4.69, 9.17) is 10.3 Å². The summed E-state index contributed by atoms with van der Waals surface area (Å²) in [5.41, 5.74) is 5.40. The summed E-state index contributed by atoms with van der Waals surface area (Å²) in [6.45, 7) is 0.309. The van der Waals surface area contributed by atoms with Gasteiger partial charge in [0.2, 0.25) is 0 Å². The summed E-state index contributed by atoms with van der Waals surface area (Å²) in [7, 11) is 0. The minimum absolute atomic E-state index is 0. The summed E-state index contributed by atoms with van der Waals surface area (Å²) < 4.78 is 5.10. The molecule has 0 radical (unpaired) electrons. The van der Waals surface area contributed by atoms with Gasteiger partial charge in [0.15, 0.2) is 5.82 Å². The molecule has 15 heavy (non-hydrogen) atoms. The van der Waals surface area contributed by atoms with Crippen LogP contribution in [-0.2, 0) is 6.54 Å². The Morgan fingerprint density at radius 1 is 1.60 bits per heavy atom. The van der Waals surface area contributed by atoms with E-state index in [1.807, 2.05) is 17.7 Å². The highest BCUT2D eigenvalue weighted by molar-refractivity contribution is 7.98.